The highest BCUT2D eigenvalue weighted by Crippen LogP contribution is 2.29. The number of ether oxygens (including phenoxy) is 1. The van der Waals surface area contributed by atoms with Crippen molar-refractivity contribution in [2.45, 2.75) is 70.4 Å². The van der Waals surface area contributed by atoms with Crippen molar-refractivity contribution < 1.29 is 42.5 Å². The van der Waals surface area contributed by atoms with Crippen molar-refractivity contribution >= 4 is 34.4 Å². The number of aromatic nitrogens is 1. The molecule has 1 saturated heterocycles. The molecule has 0 bridgehead atoms. The number of halogens is 3. The minimum absolute atomic E-state index is 0.0637. The zero-order chi connectivity index (χ0) is 36.4. The zero-order valence-electron chi connectivity index (χ0n) is 28.1. The third-order valence-corrected chi connectivity index (χ3v) is 8.75. The lowest BCUT2D eigenvalue weighted by Crippen LogP contribution is -2.41. The van der Waals surface area contributed by atoms with E-state index in [1.807, 2.05) is 30.0 Å². The fourth-order valence-corrected chi connectivity index (χ4v) is 5.87. The Labute approximate surface area is 287 Å². The van der Waals surface area contributed by atoms with E-state index in [1.54, 1.807) is 24.1 Å². The number of nitrogens with one attached hydrogen (secondary N) is 3. The zero-order valence-corrected chi connectivity index (χ0v) is 28.1. The van der Waals surface area contributed by atoms with Crippen LogP contribution in [0.3, 0.4) is 0 Å². The number of hydrogen-bond acceptors (Lipinski definition) is 9. The number of amides is 2. The summed E-state index contributed by atoms with van der Waals surface area (Å²) in [7, 11) is 1.70. The predicted molar refractivity (Wildman–Crippen MR) is 180 cm³/mol. The van der Waals surface area contributed by atoms with E-state index in [-0.39, 0.29) is 60.9 Å². The van der Waals surface area contributed by atoms with Crippen molar-refractivity contribution in [3.8, 4) is 5.75 Å². The Hall–Kier alpha value is -4.47. The van der Waals surface area contributed by atoms with Crippen molar-refractivity contribution in [3.63, 3.8) is 0 Å². The Bertz CT molecular complexity index is 1710. The lowest BCUT2D eigenvalue weighted by Gasteiger charge is -2.31. The Morgan fingerprint density at radius 3 is 2.52 bits per heavy atom. The Balaban J connectivity index is 1.10. The molecule has 0 saturated carbocycles. The fourth-order valence-electron chi connectivity index (χ4n) is 5.87. The smallest absolute Gasteiger partial charge is 0.490 e. The maximum atomic E-state index is 12.6. The number of piperidine rings is 1. The number of pyridine rings is 1. The number of carbonyl (C=O) groups is 3. The van der Waals surface area contributed by atoms with E-state index in [2.05, 4.69) is 20.4 Å². The molecule has 0 aliphatic carbocycles. The molecule has 2 aromatic carbocycles. The second kappa shape index (κ2) is 17.5. The van der Waals surface area contributed by atoms with Crippen molar-refractivity contribution in [1.82, 2.24) is 20.1 Å². The van der Waals surface area contributed by atoms with Crippen LogP contribution in [0, 0.1) is 6.92 Å². The summed E-state index contributed by atoms with van der Waals surface area (Å²) >= 11 is 0. The second-order valence-electron chi connectivity index (χ2n) is 12.6. The van der Waals surface area contributed by atoms with Gasteiger partial charge in [0.15, 0.2) is 0 Å². The van der Waals surface area contributed by atoms with Gasteiger partial charge in [0.1, 0.15) is 11.9 Å². The van der Waals surface area contributed by atoms with Crippen LogP contribution in [0.4, 0.5) is 18.9 Å². The van der Waals surface area contributed by atoms with Crippen molar-refractivity contribution in [2.24, 2.45) is 0 Å². The van der Waals surface area contributed by atoms with Gasteiger partial charge in [-0.25, -0.2) is 4.79 Å². The predicted octanol–water partition coefficient (Wildman–Crippen LogP) is 3.89. The molecule has 4 rings (SSSR count). The van der Waals surface area contributed by atoms with Crippen LogP contribution < -0.4 is 16.2 Å². The molecule has 12 nitrogen and oxygen atoms in total. The van der Waals surface area contributed by atoms with Crippen molar-refractivity contribution in [1.29, 1.82) is 0 Å². The van der Waals surface area contributed by atoms with E-state index in [9.17, 15) is 42.6 Å². The number of anilines is 1. The van der Waals surface area contributed by atoms with Crippen LogP contribution in [0.15, 0.2) is 47.3 Å². The standard InChI is InChI=1S/C35H44F3N5O7/c1-22-19-23(20-39-21-29(45)25-7-10-28(44)33-26(25)8-11-31(47)41-33)6-9-27(22)40-30(46)5-3-4-15-42(2)32(48)14-18-43-16-12-24(13-17-43)50-34(49)35(36,37)38/h6-11,19,24,29,39,44-45H,3-5,12-18,20-21H2,1-2H3,(H,40,46)(H,41,47)/t29-/m0/s1. The summed E-state index contributed by atoms with van der Waals surface area (Å²) < 4.78 is 41.7. The van der Waals surface area contributed by atoms with Gasteiger partial charge in [-0.05, 0) is 67.5 Å². The number of unbranched alkanes of at least 4 members (excludes halogenated alkanes) is 1. The average molecular weight is 704 g/mol. The van der Waals surface area contributed by atoms with Gasteiger partial charge in [0.25, 0.3) is 0 Å². The first-order chi connectivity index (χ1) is 23.7. The molecule has 1 aliphatic heterocycles. The number of aromatic amines is 1. The highest BCUT2D eigenvalue weighted by molar-refractivity contribution is 5.91. The first kappa shape index (κ1) is 38.3. The number of phenolic OH excluding ortho intramolecular Hbond substituents is 1. The maximum absolute atomic E-state index is 12.6. The number of aromatic hydroxyl groups is 1. The number of aryl methyl sites for hydroxylation is 1. The molecule has 1 atom stereocenters. The molecule has 0 radical (unpaired) electrons. The summed E-state index contributed by atoms with van der Waals surface area (Å²) in [5.41, 5.74) is 3.02. The van der Waals surface area contributed by atoms with Gasteiger partial charge in [-0.2, -0.15) is 13.2 Å². The molecule has 272 valence electrons. The third-order valence-electron chi connectivity index (χ3n) is 8.75. The molecule has 50 heavy (non-hydrogen) atoms. The number of aliphatic hydroxyl groups is 1. The highest BCUT2D eigenvalue weighted by atomic mass is 19.4. The van der Waals surface area contributed by atoms with Crippen LogP contribution in [0.1, 0.15) is 61.3 Å². The molecule has 5 N–H and O–H groups in total. The Morgan fingerprint density at radius 1 is 1.08 bits per heavy atom. The number of fused-ring (bicyclic) bond motifs is 1. The summed E-state index contributed by atoms with van der Waals surface area (Å²) in [5, 5.41) is 27.6. The Kier molecular flexibility index (Phi) is 13.4. The molecular weight excluding hydrogens is 659 g/mol. The van der Waals surface area contributed by atoms with Crippen molar-refractivity contribution in [2.75, 3.05) is 45.1 Å². The number of phenols is 1. The van der Waals surface area contributed by atoms with Crippen LogP contribution in [0.2, 0.25) is 0 Å². The molecule has 0 spiro atoms. The summed E-state index contributed by atoms with van der Waals surface area (Å²) in [6, 6.07) is 11.6. The number of alkyl halides is 3. The molecule has 0 unspecified atom stereocenters. The summed E-state index contributed by atoms with van der Waals surface area (Å²) in [6.07, 6.45) is -4.32. The minimum Gasteiger partial charge on any atom is -0.506 e. The van der Waals surface area contributed by atoms with E-state index in [4.69, 9.17) is 0 Å². The van der Waals surface area contributed by atoms with E-state index in [0.717, 1.165) is 11.1 Å². The molecule has 2 heterocycles. The summed E-state index contributed by atoms with van der Waals surface area (Å²) in [6.45, 7) is 4.41. The largest absolute Gasteiger partial charge is 0.506 e. The van der Waals surface area contributed by atoms with Crippen molar-refractivity contribution in [3.05, 3.63) is 69.5 Å². The molecular formula is C35H44F3N5O7. The lowest BCUT2D eigenvalue weighted by molar-refractivity contribution is -0.206. The number of carbonyl (C=O) groups excluding carboxylic acids is 3. The van der Waals surface area contributed by atoms with Gasteiger partial charge >= 0.3 is 12.1 Å². The normalized spacial score (nSPS) is 14.8. The first-order valence-electron chi connectivity index (χ1n) is 16.6. The van der Waals surface area contributed by atoms with Crippen LogP contribution in [0.5, 0.6) is 5.75 Å². The number of H-pyrrole nitrogens is 1. The topological polar surface area (TPSA) is 164 Å². The SMILES string of the molecule is Cc1cc(CNC[C@H](O)c2ccc(O)c3[nH]c(=O)ccc23)ccc1NC(=O)CCCCN(C)C(=O)CCN1CCC(OC(=O)C(F)(F)F)CC1. The summed E-state index contributed by atoms with van der Waals surface area (Å²) in [4.78, 5) is 54.0. The quantitative estimate of drug-likeness (QED) is 0.117. The number of esters is 1. The van der Waals surface area contributed by atoms with Gasteiger partial charge in [-0.15, -0.1) is 0 Å². The summed E-state index contributed by atoms with van der Waals surface area (Å²) in [5.74, 6) is -2.44. The van der Waals surface area contributed by atoms with Gasteiger partial charge in [-0.1, -0.05) is 18.2 Å². The average Bonchev–Trinajstić information content (AvgIpc) is 3.07. The van der Waals surface area contributed by atoms with Crippen LogP contribution >= 0.6 is 0 Å². The molecule has 15 heteroatoms. The molecule has 3 aromatic rings. The molecule has 2 amide bonds. The van der Waals surface area contributed by atoms with Gasteiger partial charge in [0, 0.05) is 76.3 Å². The van der Waals surface area contributed by atoms with Crippen LogP contribution in [0.25, 0.3) is 10.9 Å². The van der Waals surface area contributed by atoms with Crippen LogP contribution in [-0.2, 0) is 25.7 Å². The van der Waals surface area contributed by atoms with Gasteiger partial charge in [0.2, 0.25) is 17.4 Å². The van der Waals surface area contributed by atoms with E-state index < -0.39 is 24.4 Å². The van der Waals surface area contributed by atoms with E-state index in [1.165, 1.54) is 12.1 Å². The third kappa shape index (κ3) is 11.0. The fraction of sp³-hybridized carbons (Fsp3) is 0.486. The minimum atomic E-state index is -5.00. The van der Waals surface area contributed by atoms with E-state index in [0.29, 0.717) is 62.2 Å². The van der Waals surface area contributed by atoms with Gasteiger partial charge < -0.3 is 40.4 Å². The van der Waals surface area contributed by atoms with E-state index >= 15 is 0 Å². The maximum Gasteiger partial charge on any atom is 0.490 e. The molecule has 1 aromatic heterocycles. The monoisotopic (exact) mass is 703 g/mol. The lowest BCUT2D eigenvalue weighted by atomic mass is 10.0. The second-order valence-corrected chi connectivity index (χ2v) is 12.6. The van der Waals surface area contributed by atoms with Gasteiger partial charge in [0.05, 0.1) is 11.6 Å². The van der Waals surface area contributed by atoms with Crippen LogP contribution in [-0.4, -0.2) is 94.8 Å². The number of likely N-dealkylation sites (tertiary alicyclic amines) is 1. The number of rotatable bonds is 15. The molecule has 1 aliphatic rings. The Morgan fingerprint density at radius 2 is 1.82 bits per heavy atom. The van der Waals surface area contributed by atoms with Gasteiger partial charge in [-0.3, -0.25) is 14.4 Å². The number of benzene rings is 2. The number of hydrogen-bond donors (Lipinski definition) is 5. The molecule has 1 fully saturated rings. The number of aliphatic hydroxyl groups excluding tert-OH is 1. The first-order valence-corrected chi connectivity index (χ1v) is 16.6. The highest BCUT2D eigenvalue weighted by Gasteiger charge is 2.42. The number of nitrogens with zero attached hydrogens (tertiary/aromatic N) is 2.